The number of hydrogen-bond donors (Lipinski definition) is 2. The van der Waals surface area contributed by atoms with Gasteiger partial charge in [-0.1, -0.05) is 31.2 Å². The Hall–Kier alpha value is -3.04. The van der Waals surface area contributed by atoms with Crippen LogP contribution < -0.4 is 15.4 Å². The van der Waals surface area contributed by atoms with E-state index in [4.69, 9.17) is 10.00 Å². The van der Waals surface area contributed by atoms with Crippen LogP contribution in [-0.2, 0) is 13.0 Å². The van der Waals surface area contributed by atoms with Crippen LogP contribution >= 0.6 is 0 Å². The predicted octanol–water partition coefficient (Wildman–Crippen LogP) is 4.19. The highest BCUT2D eigenvalue weighted by Gasteiger charge is 2.15. The Morgan fingerprint density at radius 1 is 1.17 bits per heavy atom. The van der Waals surface area contributed by atoms with Gasteiger partial charge in [0.2, 0.25) is 0 Å². The van der Waals surface area contributed by atoms with Crippen LogP contribution in [0.4, 0.5) is 10.5 Å². The van der Waals surface area contributed by atoms with E-state index in [-0.39, 0.29) is 6.03 Å². The number of carbonyl (C=O) groups excluding carboxylic acids is 1. The average Bonchev–Trinajstić information content (AvgIpc) is 2.75. The molecule has 0 bridgehead atoms. The molecule has 2 amide bonds. The molecular formula is C24H30N4O2. The van der Waals surface area contributed by atoms with E-state index in [1.807, 2.05) is 48.5 Å². The zero-order valence-electron chi connectivity index (χ0n) is 17.6. The van der Waals surface area contributed by atoms with Crippen LogP contribution in [-0.4, -0.2) is 37.1 Å². The summed E-state index contributed by atoms with van der Waals surface area (Å²) in [4.78, 5) is 14.6. The number of nitrogens with one attached hydrogen (secondary N) is 2. The summed E-state index contributed by atoms with van der Waals surface area (Å²) in [5.41, 5.74) is 2.68. The van der Waals surface area contributed by atoms with E-state index < -0.39 is 0 Å². The number of carbonyl (C=O) groups is 1. The molecule has 0 atom stereocenters. The van der Waals surface area contributed by atoms with Gasteiger partial charge in [0.1, 0.15) is 12.4 Å². The summed E-state index contributed by atoms with van der Waals surface area (Å²) in [6.45, 7) is 6.48. The third kappa shape index (κ3) is 7.09. The molecule has 2 N–H and O–H groups in total. The van der Waals surface area contributed by atoms with Crippen molar-refractivity contribution < 1.29 is 9.53 Å². The summed E-state index contributed by atoms with van der Waals surface area (Å²) < 4.78 is 5.81. The van der Waals surface area contributed by atoms with Crippen molar-refractivity contribution in [3.8, 4) is 11.8 Å². The summed E-state index contributed by atoms with van der Waals surface area (Å²) in [5, 5.41) is 14.6. The number of nitrogens with zero attached hydrogens (tertiary/aromatic N) is 2. The monoisotopic (exact) mass is 406 g/mol. The van der Waals surface area contributed by atoms with Crippen LogP contribution in [0.3, 0.4) is 0 Å². The number of nitriles is 1. The molecule has 1 fully saturated rings. The van der Waals surface area contributed by atoms with Gasteiger partial charge in [-0.15, -0.1) is 0 Å². The molecule has 158 valence electrons. The number of likely N-dealkylation sites (tertiary alicyclic amines) is 1. The molecule has 0 spiro atoms. The molecule has 2 aromatic rings. The molecule has 6 heteroatoms. The number of amides is 2. The minimum Gasteiger partial charge on any atom is -0.489 e. The molecule has 0 radical (unpaired) electrons. The van der Waals surface area contributed by atoms with E-state index in [2.05, 4.69) is 28.5 Å². The Morgan fingerprint density at radius 3 is 2.67 bits per heavy atom. The largest absolute Gasteiger partial charge is 0.489 e. The molecule has 2 aromatic carbocycles. The Kier molecular flexibility index (Phi) is 8.10. The Bertz CT molecular complexity index is 852. The van der Waals surface area contributed by atoms with Crippen LogP contribution in [0.2, 0.25) is 0 Å². The maximum atomic E-state index is 12.2. The first-order valence-electron chi connectivity index (χ1n) is 10.6. The van der Waals surface area contributed by atoms with E-state index in [1.54, 1.807) is 0 Å². The van der Waals surface area contributed by atoms with Crippen molar-refractivity contribution >= 4 is 11.7 Å². The first-order chi connectivity index (χ1) is 14.6. The van der Waals surface area contributed by atoms with Gasteiger partial charge in [-0.2, -0.15) is 5.26 Å². The van der Waals surface area contributed by atoms with E-state index >= 15 is 0 Å². The van der Waals surface area contributed by atoms with Crippen LogP contribution in [0.5, 0.6) is 5.75 Å². The minimum absolute atomic E-state index is 0.188. The van der Waals surface area contributed by atoms with Gasteiger partial charge < -0.3 is 20.3 Å². The van der Waals surface area contributed by atoms with Gasteiger partial charge in [0.05, 0.1) is 12.5 Å². The molecule has 1 heterocycles. The molecule has 1 aliphatic heterocycles. The smallest absolute Gasteiger partial charge is 0.319 e. The number of anilines is 1. The molecule has 6 nitrogen and oxygen atoms in total. The molecule has 1 saturated heterocycles. The Balaban J connectivity index is 1.41. The number of urea groups is 1. The summed E-state index contributed by atoms with van der Waals surface area (Å²) in [6, 6.07) is 17.1. The van der Waals surface area contributed by atoms with Crippen LogP contribution in [0.15, 0.2) is 48.5 Å². The van der Waals surface area contributed by atoms with Gasteiger partial charge in [-0.05, 0) is 67.2 Å². The maximum Gasteiger partial charge on any atom is 0.319 e. The molecule has 1 aliphatic rings. The van der Waals surface area contributed by atoms with E-state index in [1.165, 1.54) is 12.8 Å². The standard InChI is InChI=1S/C24H30N4O2/c1-19-10-14-28(15-11-19)16-13-26-24(29)27-22-4-2-3-21(17-22)18-30-23-7-5-20(6-8-23)9-12-25/h2-8,17,19H,9-11,13-16,18H2,1H3,(H2,26,27,29). The fraction of sp³-hybridized carbons (Fsp3) is 0.417. The number of rotatable bonds is 8. The first kappa shape index (κ1) is 21.7. The van der Waals surface area contributed by atoms with Crippen molar-refractivity contribution in [2.24, 2.45) is 5.92 Å². The topological polar surface area (TPSA) is 77.4 Å². The van der Waals surface area contributed by atoms with Crippen molar-refractivity contribution in [2.45, 2.75) is 32.8 Å². The highest BCUT2D eigenvalue weighted by Crippen LogP contribution is 2.17. The van der Waals surface area contributed by atoms with E-state index in [9.17, 15) is 4.79 Å². The lowest BCUT2D eigenvalue weighted by molar-refractivity contribution is 0.192. The van der Waals surface area contributed by atoms with Gasteiger partial charge >= 0.3 is 6.03 Å². The second-order valence-electron chi connectivity index (χ2n) is 7.87. The van der Waals surface area contributed by atoms with Crippen LogP contribution in [0, 0.1) is 17.2 Å². The third-order valence-corrected chi connectivity index (χ3v) is 5.39. The van der Waals surface area contributed by atoms with Crippen molar-refractivity contribution in [3.05, 3.63) is 59.7 Å². The van der Waals surface area contributed by atoms with Crippen LogP contribution in [0.1, 0.15) is 30.9 Å². The van der Waals surface area contributed by atoms with E-state index in [0.717, 1.165) is 48.1 Å². The summed E-state index contributed by atoms with van der Waals surface area (Å²) >= 11 is 0. The quantitative estimate of drug-likeness (QED) is 0.689. The van der Waals surface area contributed by atoms with Crippen molar-refractivity contribution in [1.29, 1.82) is 5.26 Å². The fourth-order valence-corrected chi connectivity index (χ4v) is 3.49. The second kappa shape index (κ2) is 11.2. The minimum atomic E-state index is -0.188. The van der Waals surface area contributed by atoms with Gasteiger partial charge in [-0.25, -0.2) is 4.79 Å². The molecule has 0 aromatic heterocycles. The molecule has 3 rings (SSSR count). The maximum absolute atomic E-state index is 12.2. The summed E-state index contributed by atoms with van der Waals surface area (Å²) in [7, 11) is 0. The highest BCUT2D eigenvalue weighted by molar-refractivity contribution is 5.89. The van der Waals surface area contributed by atoms with Crippen molar-refractivity contribution in [2.75, 3.05) is 31.5 Å². The van der Waals surface area contributed by atoms with Gasteiger partial charge in [0.25, 0.3) is 0 Å². The number of piperidine rings is 1. The van der Waals surface area contributed by atoms with E-state index in [0.29, 0.717) is 19.6 Å². The van der Waals surface area contributed by atoms with Gasteiger partial charge in [-0.3, -0.25) is 0 Å². The fourth-order valence-electron chi connectivity index (χ4n) is 3.49. The molecule has 0 unspecified atom stereocenters. The molecule has 0 aliphatic carbocycles. The lowest BCUT2D eigenvalue weighted by Gasteiger charge is -2.30. The lowest BCUT2D eigenvalue weighted by atomic mass is 9.99. The molecular weight excluding hydrogens is 376 g/mol. The van der Waals surface area contributed by atoms with Crippen LogP contribution in [0.25, 0.3) is 0 Å². The first-order valence-corrected chi connectivity index (χ1v) is 10.6. The molecule has 30 heavy (non-hydrogen) atoms. The Labute approximate surface area is 178 Å². The summed E-state index contributed by atoms with van der Waals surface area (Å²) in [5.74, 6) is 1.57. The SMILES string of the molecule is CC1CCN(CCNC(=O)Nc2cccc(COc3ccc(CC#N)cc3)c2)CC1. The normalized spacial score (nSPS) is 14.7. The summed E-state index contributed by atoms with van der Waals surface area (Å²) in [6.07, 6.45) is 2.88. The predicted molar refractivity (Wildman–Crippen MR) is 118 cm³/mol. The number of hydrogen-bond acceptors (Lipinski definition) is 4. The average molecular weight is 407 g/mol. The van der Waals surface area contributed by atoms with Gasteiger partial charge in [0, 0.05) is 18.8 Å². The number of ether oxygens (including phenoxy) is 1. The van der Waals surface area contributed by atoms with Gasteiger partial charge in [0.15, 0.2) is 0 Å². The number of benzene rings is 2. The zero-order chi connectivity index (χ0) is 21.2. The zero-order valence-corrected chi connectivity index (χ0v) is 17.6. The van der Waals surface area contributed by atoms with Crippen molar-refractivity contribution in [3.63, 3.8) is 0 Å². The second-order valence-corrected chi connectivity index (χ2v) is 7.87. The highest BCUT2D eigenvalue weighted by atomic mass is 16.5. The van der Waals surface area contributed by atoms with Crippen molar-refractivity contribution in [1.82, 2.24) is 10.2 Å². The lowest BCUT2D eigenvalue weighted by Crippen LogP contribution is -2.40. The molecule has 0 saturated carbocycles. The third-order valence-electron chi connectivity index (χ3n) is 5.39. The Morgan fingerprint density at radius 2 is 1.93 bits per heavy atom.